The summed E-state index contributed by atoms with van der Waals surface area (Å²) >= 11 is 0. The van der Waals surface area contributed by atoms with Crippen LogP contribution in [0.3, 0.4) is 0 Å². The predicted molar refractivity (Wildman–Crippen MR) is 135 cm³/mol. The van der Waals surface area contributed by atoms with Crippen LogP contribution in [0.1, 0.15) is 22.3 Å². The first kappa shape index (κ1) is 23.6. The van der Waals surface area contributed by atoms with Crippen LogP contribution in [0.25, 0.3) is 10.8 Å². The van der Waals surface area contributed by atoms with Gasteiger partial charge in [0, 0.05) is 21.9 Å². The number of amidine groups is 2. The quantitative estimate of drug-likeness (QED) is 0.219. The number of nitrogens with two attached hydrogens (primary N) is 2. The number of nitrogen functional groups attached to an aromatic ring is 2. The lowest BCUT2D eigenvalue weighted by Crippen LogP contribution is -2.11. The van der Waals surface area contributed by atoms with Gasteiger partial charge in [-0.05, 0) is 35.4 Å². The Bertz CT molecular complexity index is 1210. The summed E-state index contributed by atoms with van der Waals surface area (Å²) in [6.07, 6.45) is 0. The smallest absolute Gasteiger partial charge is 0.127 e. The minimum absolute atomic E-state index is 0. The standard InChI is InChI=1S/C26H24N4O2.ClH/c27-25(28)19-7-1-5-17(13-19)15-31-23-11-3-10-22-21(23)9-4-12-24(22)32-16-18-6-2-8-20(14-18)26(29)30;/h1-14H,15-16H2,(H3,27,28)(H3,29,30);1H. The minimum atomic E-state index is 0. The Hall–Kier alpha value is -4.03. The van der Waals surface area contributed by atoms with Gasteiger partial charge in [-0.1, -0.05) is 60.7 Å². The number of fused-ring (bicyclic) bond motifs is 1. The fourth-order valence-electron chi connectivity index (χ4n) is 3.48. The van der Waals surface area contributed by atoms with E-state index in [0.717, 1.165) is 33.4 Å². The zero-order valence-corrected chi connectivity index (χ0v) is 18.7. The summed E-state index contributed by atoms with van der Waals surface area (Å²) in [6.45, 7) is 0.728. The first-order valence-corrected chi connectivity index (χ1v) is 10.2. The molecule has 0 amide bonds. The normalized spacial score (nSPS) is 10.3. The Labute approximate surface area is 198 Å². The van der Waals surface area contributed by atoms with Crippen LogP contribution in [-0.4, -0.2) is 11.7 Å². The molecule has 0 atom stereocenters. The van der Waals surface area contributed by atoms with E-state index in [2.05, 4.69) is 0 Å². The molecule has 4 aromatic rings. The van der Waals surface area contributed by atoms with E-state index in [0.29, 0.717) is 24.3 Å². The van der Waals surface area contributed by atoms with Gasteiger partial charge in [-0.3, -0.25) is 10.8 Å². The van der Waals surface area contributed by atoms with Crippen molar-refractivity contribution < 1.29 is 9.47 Å². The molecule has 0 spiro atoms. The Morgan fingerprint density at radius 3 is 1.39 bits per heavy atom. The number of benzene rings is 4. The van der Waals surface area contributed by atoms with Crippen LogP contribution in [0.15, 0.2) is 84.9 Å². The average molecular weight is 461 g/mol. The lowest BCUT2D eigenvalue weighted by molar-refractivity contribution is 0.306. The van der Waals surface area contributed by atoms with E-state index in [-0.39, 0.29) is 24.1 Å². The number of nitrogens with one attached hydrogen (secondary N) is 2. The van der Waals surface area contributed by atoms with Crippen LogP contribution < -0.4 is 20.9 Å². The van der Waals surface area contributed by atoms with E-state index in [1.165, 1.54) is 0 Å². The topological polar surface area (TPSA) is 118 Å². The molecule has 0 aliphatic heterocycles. The molecule has 0 saturated heterocycles. The molecule has 0 aliphatic rings. The van der Waals surface area contributed by atoms with Crippen molar-refractivity contribution in [1.82, 2.24) is 0 Å². The fraction of sp³-hybridized carbons (Fsp3) is 0.0769. The molecule has 4 aromatic carbocycles. The van der Waals surface area contributed by atoms with E-state index < -0.39 is 0 Å². The van der Waals surface area contributed by atoms with E-state index in [1.54, 1.807) is 12.1 Å². The summed E-state index contributed by atoms with van der Waals surface area (Å²) in [6, 6.07) is 26.7. The van der Waals surface area contributed by atoms with E-state index in [9.17, 15) is 0 Å². The maximum Gasteiger partial charge on any atom is 0.127 e. The second-order valence-corrected chi connectivity index (χ2v) is 7.41. The molecule has 6 N–H and O–H groups in total. The molecular formula is C26H25ClN4O2. The molecular weight excluding hydrogens is 436 g/mol. The van der Waals surface area contributed by atoms with Crippen LogP contribution in [0.5, 0.6) is 11.5 Å². The zero-order valence-electron chi connectivity index (χ0n) is 17.9. The van der Waals surface area contributed by atoms with Crippen LogP contribution in [-0.2, 0) is 13.2 Å². The third kappa shape index (κ3) is 5.61. The van der Waals surface area contributed by atoms with E-state index in [1.807, 2.05) is 72.8 Å². The van der Waals surface area contributed by atoms with Gasteiger partial charge in [-0.15, -0.1) is 12.4 Å². The van der Waals surface area contributed by atoms with E-state index in [4.69, 9.17) is 31.8 Å². The Kier molecular flexibility index (Phi) is 7.53. The van der Waals surface area contributed by atoms with Crippen molar-refractivity contribution >= 4 is 34.9 Å². The van der Waals surface area contributed by atoms with Crippen molar-refractivity contribution in [3.63, 3.8) is 0 Å². The summed E-state index contributed by atoms with van der Waals surface area (Å²) in [5, 5.41) is 17.1. The van der Waals surface area contributed by atoms with Gasteiger partial charge in [0.2, 0.25) is 0 Å². The fourth-order valence-corrected chi connectivity index (χ4v) is 3.48. The molecule has 6 nitrogen and oxygen atoms in total. The van der Waals surface area contributed by atoms with Crippen molar-refractivity contribution in [1.29, 1.82) is 10.8 Å². The highest BCUT2D eigenvalue weighted by Crippen LogP contribution is 2.33. The molecule has 0 saturated carbocycles. The number of halogens is 1. The van der Waals surface area contributed by atoms with Crippen molar-refractivity contribution in [2.24, 2.45) is 11.5 Å². The second kappa shape index (κ2) is 10.5. The van der Waals surface area contributed by atoms with Gasteiger partial charge in [-0.2, -0.15) is 0 Å². The number of hydrogen-bond acceptors (Lipinski definition) is 4. The molecule has 0 unspecified atom stereocenters. The highest BCUT2D eigenvalue weighted by atomic mass is 35.5. The van der Waals surface area contributed by atoms with Crippen LogP contribution in [0.4, 0.5) is 0 Å². The average Bonchev–Trinajstić information content (AvgIpc) is 2.81. The molecule has 0 aromatic heterocycles. The van der Waals surface area contributed by atoms with Gasteiger partial charge >= 0.3 is 0 Å². The summed E-state index contributed by atoms with van der Waals surface area (Å²) in [5.74, 6) is 1.57. The summed E-state index contributed by atoms with van der Waals surface area (Å²) in [7, 11) is 0. The largest absolute Gasteiger partial charge is 0.488 e. The Balaban J connectivity index is 0.00000306. The molecule has 0 bridgehead atoms. The Morgan fingerprint density at radius 1 is 0.606 bits per heavy atom. The minimum Gasteiger partial charge on any atom is -0.488 e. The summed E-state index contributed by atoms with van der Waals surface area (Å²) in [4.78, 5) is 0. The Morgan fingerprint density at radius 2 is 1.00 bits per heavy atom. The molecule has 7 heteroatoms. The molecule has 33 heavy (non-hydrogen) atoms. The zero-order chi connectivity index (χ0) is 22.5. The number of rotatable bonds is 8. The third-order valence-corrected chi connectivity index (χ3v) is 5.11. The van der Waals surface area contributed by atoms with Gasteiger partial charge < -0.3 is 20.9 Å². The molecule has 0 aliphatic carbocycles. The van der Waals surface area contributed by atoms with Gasteiger partial charge in [-0.25, -0.2) is 0 Å². The first-order valence-electron chi connectivity index (χ1n) is 10.2. The SMILES string of the molecule is Cl.N=C(N)c1cccc(COc2cccc3c(OCc4cccc(C(=N)N)c4)cccc23)c1. The molecule has 168 valence electrons. The van der Waals surface area contributed by atoms with E-state index >= 15 is 0 Å². The third-order valence-electron chi connectivity index (χ3n) is 5.11. The van der Waals surface area contributed by atoms with Crippen molar-refractivity contribution in [3.05, 3.63) is 107 Å². The maximum atomic E-state index is 7.60. The van der Waals surface area contributed by atoms with Crippen molar-refractivity contribution in [2.45, 2.75) is 13.2 Å². The molecule has 0 heterocycles. The lowest BCUT2D eigenvalue weighted by atomic mass is 10.1. The number of hydrogen-bond donors (Lipinski definition) is 4. The summed E-state index contributed by atoms with van der Waals surface area (Å²) in [5.41, 5.74) is 14.4. The van der Waals surface area contributed by atoms with Gasteiger partial charge in [0.1, 0.15) is 36.4 Å². The second-order valence-electron chi connectivity index (χ2n) is 7.41. The summed E-state index contributed by atoms with van der Waals surface area (Å²) < 4.78 is 12.2. The lowest BCUT2D eigenvalue weighted by Gasteiger charge is -2.13. The van der Waals surface area contributed by atoms with Gasteiger partial charge in [0.25, 0.3) is 0 Å². The van der Waals surface area contributed by atoms with Gasteiger partial charge in [0.15, 0.2) is 0 Å². The van der Waals surface area contributed by atoms with Crippen LogP contribution in [0, 0.1) is 10.8 Å². The number of ether oxygens (including phenoxy) is 2. The molecule has 0 fully saturated rings. The highest BCUT2D eigenvalue weighted by molar-refractivity contribution is 5.95. The van der Waals surface area contributed by atoms with Crippen LogP contribution in [0.2, 0.25) is 0 Å². The first-order chi connectivity index (χ1) is 15.5. The van der Waals surface area contributed by atoms with Crippen molar-refractivity contribution in [2.75, 3.05) is 0 Å². The predicted octanol–water partition coefficient (Wildman–Crippen LogP) is 4.99. The molecule has 0 radical (unpaired) electrons. The van der Waals surface area contributed by atoms with Gasteiger partial charge in [0.05, 0.1) is 0 Å². The molecule has 4 rings (SSSR count). The van der Waals surface area contributed by atoms with Crippen LogP contribution >= 0.6 is 12.4 Å². The van der Waals surface area contributed by atoms with Crippen molar-refractivity contribution in [3.8, 4) is 11.5 Å². The maximum absolute atomic E-state index is 7.60. The highest BCUT2D eigenvalue weighted by Gasteiger charge is 2.09. The monoisotopic (exact) mass is 460 g/mol.